The van der Waals surface area contributed by atoms with Crippen LogP contribution in [0.15, 0.2) is 34.3 Å². The number of primary sulfonamides is 1. The van der Waals surface area contributed by atoms with E-state index in [-0.39, 0.29) is 4.90 Å². The van der Waals surface area contributed by atoms with Crippen molar-refractivity contribution in [2.24, 2.45) is 10.3 Å². The predicted octanol–water partition coefficient (Wildman–Crippen LogP) is 1.16. The van der Waals surface area contributed by atoms with Crippen LogP contribution >= 0.6 is 0 Å². The molecular formula is C8H10N2O3S. The fraction of sp³-hybridized carbons (Fsp3) is 0.250. The maximum atomic E-state index is 10.9. The van der Waals surface area contributed by atoms with Crippen molar-refractivity contribution in [1.29, 1.82) is 0 Å². The van der Waals surface area contributed by atoms with Crippen LogP contribution in [0.4, 0.5) is 0 Å². The van der Waals surface area contributed by atoms with Gasteiger partial charge in [-0.2, -0.15) is 4.91 Å². The summed E-state index contributed by atoms with van der Waals surface area (Å²) in [5, 5.41) is 7.72. The Morgan fingerprint density at radius 3 is 2.14 bits per heavy atom. The van der Waals surface area contributed by atoms with Gasteiger partial charge in [0.05, 0.1) is 4.90 Å². The summed E-state index contributed by atoms with van der Waals surface area (Å²) in [6.45, 7) is 1.62. The Balaban J connectivity index is 3.07. The van der Waals surface area contributed by atoms with Gasteiger partial charge in [-0.15, -0.1) is 0 Å². The van der Waals surface area contributed by atoms with Crippen molar-refractivity contribution in [3.8, 4) is 0 Å². The molecule has 1 aromatic rings. The highest BCUT2D eigenvalue weighted by Crippen LogP contribution is 2.17. The van der Waals surface area contributed by atoms with Crippen molar-refractivity contribution in [3.63, 3.8) is 0 Å². The summed E-state index contributed by atoms with van der Waals surface area (Å²) in [7, 11) is -3.66. The summed E-state index contributed by atoms with van der Waals surface area (Å²) in [4.78, 5) is 10.2. The van der Waals surface area contributed by atoms with Crippen molar-refractivity contribution in [2.45, 2.75) is 17.9 Å². The maximum absolute atomic E-state index is 10.9. The lowest BCUT2D eigenvalue weighted by Gasteiger charge is -2.03. The van der Waals surface area contributed by atoms with Gasteiger partial charge in [-0.1, -0.05) is 17.3 Å². The molecule has 0 spiro atoms. The zero-order chi connectivity index (χ0) is 10.8. The number of sulfonamides is 1. The third kappa shape index (κ3) is 2.36. The molecule has 0 saturated heterocycles. The van der Waals surface area contributed by atoms with Crippen LogP contribution in [-0.2, 0) is 10.0 Å². The molecule has 0 radical (unpaired) electrons. The van der Waals surface area contributed by atoms with Crippen LogP contribution < -0.4 is 5.14 Å². The van der Waals surface area contributed by atoms with Gasteiger partial charge in [0.1, 0.15) is 6.04 Å². The van der Waals surface area contributed by atoms with E-state index in [1.807, 2.05) is 0 Å². The molecule has 0 amide bonds. The predicted molar refractivity (Wildman–Crippen MR) is 52.0 cm³/mol. The van der Waals surface area contributed by atoms with E-state index in [0.29, 0.717) is 5.56 Å². The quantitative estimate of drug-likeness (QED) is 0.765. The highest BCUT2D eigenvalue weighted by atomic mass is 32.2. The number of nitroso groups, excluding NO2 is 1. The Bertz CT molecular complexity index is 424. The number of rotatable bonds is 3. The highest BCUT2D eigenvalue weighted by molar-refractivity contribution is 7.89. The molecule has 0 fully saturated rings. The Hall–Kier alpha value is -1.27. The molecule has 1 rings (SSSR count). The molecule has 1 aromatic carbocycles. The van der Waals surface area contributed by atoms with Gasteiger partial charge < -0.3 is 0 Å². The highest BCUT2D eigenvalue weighted by Gasteiger charge is 2.09. The molecule has 76 valence electrons. The minimum absolute atomic E-state index is 0.0272. The van der Waals surface area contributed by atoms with E-state index in [1.54, 1.807) is 6.92 Å². The first kappa shape index (κ1) is 10.8. The Morgan fingerprint density at radius 2 is 1.79 bits per heavy atom. The zero-order valence-electron chi connectivity index (χ0n) is 7.54. The molecule has 0 aliphatic carbocycles. The molecule has 6 heteroatoms. The standard InChI is InChI=1S/C8H10N2O3S/c1-6(10-11)7-2-4-8(5-3-7)14(9,12)13/h2-6H,1H3,(H2,9,12,13). The lowest BCUT2D eigenvalue weighted by molar-refractivity contribution is 0.597. The monoisotopic (exact) mass is 214 g/mol. The second kappa shape index (κ2) is 3.85. The van der Waals surface area contributed by atoms with Gasteiger partial charge >= 0.3 is 0 Å². The van der Waals surface area contributed by atoms with Gasteiger partial charge in [0.25, 0.3) is 0 Å². The van der Waals surface area contributed by atoms with Crippen molar-refractivity contribution in [1.82, 2.24) is 0 Å². The van der Waals surface area contributed by atoms with E-state index in [0.717, 1.165) is 0 Å². The van der Waals surface area contributed by atoms with E-state index >= 15 is 0 Å². The van der Waals surface area contributed by atoms with Crippen LogP contribution in [0.3, 0.4) is 0 Å². The average Bonchev–Trinajstić information content (AvgIpc) is 2.15. The van der Waals surface area contributed by atoms with Gasteiger partial charge in [-0.25, -0.2) is 13.6 Å². The van der Waals surface area contributed by atoms with Gasteiger partial charge in [-0.05, 0) is 24.6 Å². The Labute approximate surface area is 82.0 Å². The smallest absolute Gasteiger partial charge is 0.225 e. The maximum Gasteiger partial charge on any atom is 0.238 e. The van der Waals surface area contributed by atoms with Crippen LogP contribution in [0.1, 0.15) is 18.5 Å². The summed E-state index contributed by atoms with van der Waals surface area (Å²) in [6, 6.07) is 5.26. The molecule has 0 aliphatic rings. The average molecular weight is 214 g/mol. The third-order valence-electron chi connectivity index (χ3n) is 1.85. The topological polar surface area (TPSA) is 89.6 Å². The summed E-state index contributed by atoms with van der Waals surface area (Å²) < 4.78 is 21.8. The minimum Gasteiger partial charge on any atom is -0.225 e. The molecule has 0 aliphatic heterocycles. The number of benzene rings is 1. The second-order valence-electron chi connectivity index (χ2n) is 2.90. The van der Waals surface area contributed by atoms with Gasteiger partial charge in [0, 0.05) is 0 Å². The van der Waals surface area contributed by atoms with E-state index in [4.69, 9.17) is 5.14 Å². The summed E-state index contributed by atoms with van der Waals surface area (Å²) in [5.74, 6) is 0. The van der Waals surface area contributed by atoms with Crippen molar-refractivity contribution < 1.29 is 8.42 Å². The number of nitrogens with two attached hydrogens (primary N) is 1. The molecule has 0 saturated carbocycles. The summed E-state index contributed by atoms with van der Waals surface area (Å²) in [6.07, 6.45) is 0. The van der Waals surface area contributed by atoms with E-state index < -0.39 is 16.1 Å². The fourth-order valence-corrected chi connectivity index (χ4v) is 1.51. The Kier molecular flexibility index (Phi) is 2.97. The molecule has 0 bridgehead atoms. The van der Waals surface area contributed by atoms with E-state index in [2.05, 4.69) is 5.18 Å². The third-order valence-corrected chi connectivity index (χ3v) is 2.78. The van der Waals surface area contributed by atoms with Crippen LogP contribution in [0.5, 0.6) is 0 Å². The van der Waals surface area contributed by atoms with Gasteiger partial charge in [-0.3, -0.25) is 0 Å². The molecule has 14 heavy (non-hydrogen) atoms. The van der Waals surface area contributed by atoms with Crippen molar-refractivity contribution >= 4 is 10.0 Å². The van der Waals surface area contributed by atoms with Crippen LogP contribution in [0.2, 0.25) is 0 Å². The molecule has 1 unspecified atom stereocenters. The largest absolute Gasteiger partial charge is 0.238 e. The lowest BCUT2D eigenvalue weighted by atomic mass is 10.1. The first-order valence-corrected chi connectivity index (χ1v) is 5.45. The SMILES string of the molecule is CC(N=O)c1ccc(S(N)(=O)=O)cc1. The van der Waals surface area contributed by atoms with Gasteiger partial charge in [0.2, 0.25) is 10.0 Å². The molecule has 2 N–H and O–H groups in total. The molecular weight excluding hydrogens is 204 g/mol. The van der Waals surface area contributed by atoms with Crippen LogP contribution in [0.25, 0.3) is 0 Å². The van der Waals surface area contributed by atoms with Crippen molar-refractivity contribution in [2.75, 3.05) is 0 Å². The van der Waals surface area contributed by atoms with Gasteiger partial charge in [0.15, 0.2) is 0 Å². The normalized spacial score (nSPS) is 13.6. The second-order valence-corrected chi connectivity index (χ2v) is 4.46. The van der Waals surface area contributed by atoms with E-state index in [1.165, 1.54) is 24.3 Å². The fourth-order valence-electron chi connectivity index (χ4n) is 0.997. The molecule has 1 atom stereocenters. The van der Waals surface area contributed by atoms with Crippen molar-refractivity contribution in [3.05, 3.63) is 34.7 Å². The first-order chi connectivity index (χ1) is 6.45. The lowest BCUT2D eigenvalue weighted by Crippen LogP contribution is -2.11. The number of hydrogen-bond acceptors (Lipinski definition) is 4. The summed E-state index contributed by atoms with van der Waals surface area (Å²) >= 11 is 0. The minimum atomic E-state index is -3.66. The summed E-state index contributed by atoms with van der Waals surface area (Å²) in [5.41, 5.74) is 0.660. The Morgan fingerprint density at radius 1 is 1.29 bits per heavy atom. The molecule has 5 nitrogen and oxygen atoms in total. The van der Waals surface area contributed by atoms with Crippen LogP contribution in [-0.4, -0.2) is 8.42 Å². The molecule has 0 heterocycles. The molecule has 0 aromatic heterocycles. The van der Waals surface area contributed by atoms with E-state index in [9.17, 15) is 13.3 Å². The first-order valence-electron chi connectivity index (χ1n) is 3.90. The zero-order valence-corrected chi connectivity index (χ0v) is 8.36. The van der Waals surface area contributed by atoms with Crippen LogP contribution in [0, 0.1) is 4.91 Å². The number of hydrogen-bond donors (Lipinski definition) is 1. The number of nitrogens with zero attached hydrogens (tertiary/aromatic N) is 1.